The van der Waals surface area contributed by atoms with Gasteiger partial charge >= 0.3 is 5.97 Å². The summed E-state index contributed by atoms with van der Waals surface area (Å²) in [5, 5.41) is 13.3. The fraction of sp³-hybridized carbons (Fsp3) is 0.353. The van der Waals surface area contributed by atoms with Gasteiger partial charge in [0.25, 0.3) is 5.91 Å². The van der Waals surface area contributed by atoms with E-state index in [9.17, 15) is 9.59 Å². The number of carboxylic acids is 1. The summed E-state index contributed by atoms with van der Waals surface area (Å²) in [5.74, 6) is -1.22. The van der Waals surface area contributed by atoms with Crippen molar-refractivity contribution in [3.63, 3.8) is 0 Å². The maximum absolute atomic E-state index is 12.8. The number of carboxylic acid groups (broad SMARTS) is 1. The van der Waals surface area contributed by atoms with E-state index in [4.69, 9.17) is 9.84 Å². The molecule has 2 aromatic rings. The van der Waals surface area contributed by atoms with Crippen molar-refractivity contribution in [1.82, 2.24) is 14.7 Å². The molecule has 1 unspecified atom stereocenters. The third-order valence-corrected chi connectivity index (χ3v) is 4.02. The molecule has 7 heteroatoms. The average Bonchev–Trinajstić information content (AvgIpc) is 3.00. The number of nitrogens with zero attached hydrogens (tertiary/aromatic N) is 3. The van der Waals surface area contributed by atoms with E-state index in [0.29, 0.717) is 25.3 Å². The van der Waals surface area contributed by atoms with Gasteiger partial charge in [0.1, 0.15) is 6.10 Å². The molecule has 1 N–H and O–H groups in total. The third-order valence-electron chi connectivity index (χ3n) is 4.02. The van der Waals surface area contributed by atoms with Gasteiger partial charge in [0, 0.05) is 30.9 Å². The highest BCUT2D eigenvalue weighted by Gasteiger charge is 2.27. The van der Waals surface area contributed by atoms with Crippen LogP contribution in [0.25, 0.3) is 0 Å². The molecule has 3 rings (SSSR count). The van der Waals surface area contributed by atoms with E-state index in [0.717, 1.165) is 11.1 Å². The van der Waals surface area contributed by atoms with Crippen LogP contribution in [0.15, 0.2) is 30.6 Å². The van der Waals surface area contributed by atoms with Gasteiger partial charge in [-0.05, 0) is 30.7 Å². The zero-order valence-electron chi connectivity index (χ0n) is 13.6. The summed E-state index contributed by atoms with van der Waals surface area (Å²) >= 11 is 0. The number of hydrogen-bond donors (Lipinski definition) is 1. The number of aromatic nitrogens is 2. The minimum atomic E-state index is -1.04. The van der Waals surface area contributed by atoms with Crippen LogP contribution < -0.4 is 0 Å². The number of aryl methyl sites for hydroxylation is 2. The minimum Gasteiger partial charge on any atom is -0.478 e. The summed E-state index contributed by atoms with van der Waals surface area (Å²) in [4.78, 5) is 25.7. The Kier molecular flexibility index (Phi) is 4.35. The van der Waals surface area contributed by atoms with Crippen LogP contribution in [0.2, 0.25) is 0 Å². The summed E-state index contributed by atoms with van der Waals surface area (Å²) in [6, 6.07) is 4.69. The van der Waals surface area contributed by atoms with Gasteiger partial charge in [-0.1, -0.05) is 0 Å². The van der Waals surface area contributed by atoms with E-state index >= 15 is 0 Å². The van der Waals surface area contributed by atoms with Crippen LogP contribution in [0.1, 0.15) is 37.9 Å². The highest BCUT2D eigenvalue weighted by molar-refractivity contribution is 5.97. The van der Waals surface area contributed by atoms with Crippen molar-refractivity contribution >= 4 is 11.9 Å². The molecule has 1 fully saturated rings. The molecule has 1 amide bonds. The Morgan fingerprint density at radius 2 is 2.04 bits per heavy atom. The van der Waals surface area contributed by atoms with Gasteiger partial charge in [-0.25, -0.2) is 4.79 Å². The number of amides is 1. The van der Waals surface area contributed by atoms with Gasteiger partial charge in [-0.15, -0.1) is 0 Å². The number of benzene rings is 1. The summed E-state index contributed by atoms with van der Waals surface area (Å²) in [6.07, 6.45) is 3.38. The number of hydrogen-bond acceptors (Lipinski definition) is 4. The van der Waals surface area contributed by atoms with E-state index in [2.05, 4.69) is 5.10 Å². The summed E-state index contributed by atoms with van der Waals surface area (Å²) in [6.45, 7) is 3.11. The monoisotopic (exact) mass is 329 g/mol. The number of rotatable bonds is 3. The first-order valence-corrected chi connectivity index (χ1v) is 7.68. The molecule has 0 bridgehead atoms. The van der Waals surface area contributed by atoms with E-state index < -0.39 is 5.97 Å². The Balaban J connectivity index is 1.81. The average molecular weight is 329 g/mol. The quantitative estimate of drug-likeness (QED) is 0.925. The van der Waals surface area contributed by atoms with E-state index in [-0.39, 0.29) is 17.6 Å². The van der Waals surface area contributed by atoms with Gasteiger partial charge in [-0.2, -0.15) is 5.10 Å². The zero-order valence-corrected chi connectivity index (χ0v) is 13.6. The molecule has 1 aliphatic heterocycles. The van der Waals surface area contributed by atoms with Crippen LogP contribution in [-0.4, -0.2) is 51.4 Å². The van der Waals surface area contributed by atoms with Crippen molar-refractivity contribution in [3.05, 3.63) is 52.8 Å². The first-order chi connectivity index (χ1) is 11.4. The Hall–Kier alpha value is -2.67. The Morgan fingerprint density at radius 3 is 2.71 bits per heavy atom. The molecular formula is C17H19N3O4. The van der Waals surface area contributed by atoms with Crippen LogP contribution in [0.5, 0.6) is 0 Å². The van der Waals surface area contributed by atoms with Crippen molar-refractivity contribution in [3.8, 4) is 0 Å². The standard InChI is InChI=1S/C17H19N3O4/c1-11-5-12(7-13(6-11)17(22)23)16(21)20-3-4-24-15(10-20)14-8-18-19(2)9-14/h5-9,15H,3-4,10H2,1-2H3,(H,22,23). The van der Waals surface area contributed by atoms with E-state index in [1.807, 2.05) is 13.2 Å². The fourth-order valence-corrected chi connectivity index (χ4v) is 2.85. The normalized spacial score (nSPS) is 17.8. The second kappa shape index (κ2) is 6.45. The van der Waals surface area contributed by atoms with E-state index in [1.54, 1.807) is 34.8 Å². The topological polar surface area (TPSA) is 84.7 Å². The van der Waals surface area contributed by atoms with Crippen molar-refractivity contribution < 1.29 is 19.4 Å². The zero-order chi connectivity index (χ0) is 17.3. The molecule has 2 heterocycles. The first kappa shape index (κ1) is 16.2. The third kappa shape index (κ3) is 3.30. The highest BCUT2D eigenvalue weighted by Crippen LogP contribution is 2.23. The molecule has 0 radical (unpaired) electrons. The lowest BCUT2D eigenvalue weighted by molar-refractivity contribution is -0.0228. The summed E-state index contributed by atoms with van der Waals surface area (Å²) in [7, 11) is 1.83. The summed E-state index contributed by atoms with van der Waals surface area (Å²) in [5.41, 5.74) is 2.18. The van der Waals surface area contributed by atoms with Crippen LogP contribution in [0.4, 0.5) is 0 Å². The van der Waals surface area contributed by atoms with Gasteiger partial charge in [-0.3, -0.25) is 9.48 Å². The number of morpholine rings is 1. The van der Waals surface area contributed by atoms with Gasteiger partial charge in [0.15, 0.2) is 0 Å². The predicted molar refractivity (Wildman–Crippen MR) is 85.9 cm³/mol. The maximum Gasteiger partial charge on any atom is 0.335 e. The lowest BCUT2D eigenvalue weighted by Gasteiger charge is -2.32. The molecule has 7 nitrogen and oxygen atoms in total. The molecule has 1 aromatic heterocycles. The largest absolute Gasteiger partial charge is 0.478 e. The molecule has 1 aliphatic rings. The molecule has 126 valence electrons. The highest BCUT2D eigenvalue weighted by atomic mass is 16.5. The van der Waals surface area contributed by atoms with Crippen molar-refractivity contribution in [2.45, 2.75) is 13.0 Å². The van der Waals surface area contributed by atoms with Gasteiger partial charge < -0.3 is 14.7 Å². The van der Waals surface area contributed by atoms with Gasteiger partial charge in [0.2, 0.25) is 0 Å². The number of carbonyl (C=O) groups excluding carboxylic acids is 1. The van der Waals surface area contributed by atoms with Crippen LogP contribution >= 0.6 is 0 Å². The molecule has 0 aliphatic carbocycles. The first-order valence-electron chi connectivity index (χ1n) is 7.68. The van der Waals surface area contributed by atoms with E-state index in [1.165, 1.54) is 6.07 Å². The molecule has 1 aromatic carbocycles. The van der Waals surface area contributed by atoms with Crippen LogP contribution in [0.3, 0.4) is 0 Å². The van der Waals surface area contributed by atoms with Crippen molar-refractivity contribution in [1.29, 1.82) is 0 Å². The minimum absolute atomic E-state index is 0.121. The molecule has 0 saturated carbocycles. The Bertz CT molecular complexity index is 784. The molecular weight excluding hydrogens is 310 g/mol. The second-order valence-electron chi connectivity index (χ2n) is 5.95. The van der Waals surface area contributed by atoms with Crippen molar-refractivity contribution in [2.24, 2.45) is 7.05 Å². The van der Waals surface area contributed by atoms with Crippen molar-refractivity contribution in [2.75, 3.05) is 19.7 Å². The molecule has 1 saturated heterocycles. The molecule has 0 spiro atoms. The second-order valence-corrected chi connectivity index (χ2v) is 5.95. The molecule has 1 atom stereocenters. The Morgan fingerprint density at radius 1 is 1.29 bits per heavy atom. The number of ether oxygens (including phenoxy) is 1. The fourth-order valence-electron chi connectivity index (χ4n) is 2.85. The van der Waals surface area contributed by atoms with Gasteiger partial charge in [0.05, 0.1) is 24.9 Å². The maximum atomic E-state index is 12.8. The lowest BCUT2D eigenvalue weighted by atomic mass is 10.0. The predicted octanol–water partition coefficient (Wildman–Crippen LogP) is 1.64. The number of carbonyl (C=O) groups is 2. The summed E-state index contributed by atoms with van der Waals surface area (Å²) < 4.78 is 7.43. The van der Waals surface area contributed by atoms with Crippen LogP contribution in [0, 0.1) is 6.92 Å². The lowest BCUT2D eigenvalue weighted by Crippen LogP contribution is -2.42. The Labute approximate surface area is 139 Å². The molecule has 24 heavy (non-hydrogen) atoms. The smallest absolute Gasteiger partial charge is 0.335 e. The number of aromatic carboxylic acids is 1. The SMILES string of the molecule is Cc1cc(C(=O)O)cc(C(=O)N2CCOC(c3cnn(C)c3)C2)c1. The van der Waals surface area contributed by atoms with Crippen LogP contribution in [-0.2, 0) is 11.8 Å².